The fraction of sp³-hybridized carbons (Fsp3) is 0.316. The van der Waals surface area contributed by atoms with Gasteiger partial charge in [-0.2, -0.15) is 0 Å². The van der Waals surface area contributed by atoms with Crippen LogP contribution in [-0.4, -0.2) is 17.6 Å². The second-order valence-corrected chi connectivity index (χ2v) is 6.41. The van der Waals surface area contributed by atoms with E-state index in [-0.39, 0.29) is 11.2 Å². The molecule has 0 spiro atoms. The summed E-state index contributed by atoms with van der Waals surface area (Å²) in [5.74, 6) is -1.10. The van der Waals surface area contributed by atoms with Crippen molar-refractivity contribution < 1.29 is 14.3 Å². The van der Waals surface area contributed by atoms with Crippen LogP contribution in [-0.2, 0) is 13.0 Å². The standard InChI is InChI=1S/C19H20FNO2/c20-17-6-4-14(5-7-17)11-19(8-9-19)13-21-12-15-2-1-3-16(10-15)18(22)23/h1-7,10,21H,8-9,11-13H2,(H,22,23). The van der Waals surface area contributed by atoms with Crippen LogP contribution in [0.4, 0.5) is 4.39 Å². The van der Waals surface area contributed by atoms with Gasteiger partial charge in [0.1, 0.15) is 5.82 Å². The Labute approximate surface area is 135 Å². The average molecular weight is 313 g/mol. The molecule has 0 saturated heterocycles. The summed E-state index contributed by atoms with van der Waals surface area (Å²) in [4.78, 5) is 11.0. The van der Waals surface area contributed by atoms with Crippen molar-refractivity contribution in [1.29, 1.82) is 0 Å². The number of halogens is 1. The van der Waals surface area contributed by atoms with Gasteiger partial charge in [-0.3, -0.25) is 0 Å². The van der Waals surface area contributed by atoms with E-state index in [1.54, 1.807) is 18.2 Å². The van der Waals surface area contributed by atoms with Crippen molar-refractivity contribution in [2.24, 2.45) is 5.41 Å². The molecule has 1 fully saturated rings. The Morgan fingerprint density at radius 1 is 1.13 bits per heavy atom. The first kappa shape index (κ1) is 15.7. The maximum Gasteiger partial charge on any atom is 0.335 e. The second-order valence-electron chi connectivity index (χ2n) is 6.41. The van der Waals surface area contributed by atoms with Crippen molar-refractivity contribution in [3.63, 3.8) is 0 Å². The molecule has 0 heterocycles. The third-order valence-electron chi connectivity index (χ3n) is 4.45. The lowest BCUT2D eigenvalue weighted by atomic mass is 9.96. The van der Waals surface area contributed by atoms with E-state index in [9.17, 15) is 9.18 Å². The van der Waals surface area contributed by atoms with Crippen molar-refractivity contribution in [1.82, 2.24) is 5.32 Å². The van der Waals surface area contributed by atoms with E-state index in [0.717, 1.165) is 18.5 Å². The first-order valence-electron chi connectivity index (χ1n) is 7.84. The number of aromatic carboxylic acids is 1. The molecular weight excluding hydrogens is 293 g/mol. The van der Waals surface area contributed by atoms with Crippen LogP contribution in [0.3, 0.4) is 0 Å². The van der Waals surface area contributed by atoms with E-state index in [4.69, 9.17) is 5.11 Å². The van der Waals surface area contributed by atoms with Gasteiger partial charge in [0, 0.05) is 13.1 Å². The molecule has 1 aliphatic carbocycles. The summed E-state index contributed by atoms with van der Waals surface area (Å²) in [5.41, 5.74) is 2.72. The number of nitrogens with one attached hydrogen (secondary N) is 1. The summed E-state index contributed by atoms with van der Waals surface area (Å²) in [5, 5.41) is 12.4. The minimum absolute atomic E-state index is 0.199. The smallest absolute Gasteiger partial charge is 0.335 e. The number of carbonyl (C=O) groups is 1. The lowest BCUT2D eigenvalue weighted by Gasteiger charge is -2.16. The van der Waals surface area contributed by atoms with Crippen LogP contribution in [0.15, 0.2) is 48.5 Å². The molecule has 0 aromatic heterocycles. The summed E-state index contributed by atoms with van der Waals surface area (Å²) in [6.45, 7) is 1.55. The van der Waals surface area contributed by atoms with Crippen molar-refractivity contribution >= 4 is 5.97 Å². The first-order valence-corrected chi connectivity index (χ1v) is 7.84. The molecule has 3 nitrogen and oxygen atoms in total. The van der Waals surface area contributed by atoms with E-state index < -0.39 is 5.97 Å². The predicted octanol–water partition coefficient (Wildman–Crippen LogP) is 3.64. The maximum atomic E-state index is 13.0. The molecule has 0 radical (unpaired) electrons. The maximum absolute atomic E-state index is 13.0. The lowest BCUT2D eigenvalue weighted by molar-refractivity contribution is 0.0696. The number of rotatable bonds is 7. The van der Waals surface area contributed by atoms with Crippen LogP contribution >= 0.6 is 0 Å². The molecular formula is C19H20FNO2. The average Bonchev–Trinajstić information content (AvgIpc) is 3.30. The lowest BCUT2D eigenvalue weighted by Crippen LogP contribution is -2.25. The van der Waals surface area contributed by atoms with Gasteiger partial charge in [-0.25, -0.2) is 9.18 Å². The Hall–Kier alpha value is -2.20. The summed E-state index contributed by atoms with van der Waals surface area (Å²) in [7, 11) is 0. The Bertz CT molecular complexity index is 693. The van der Waals surface area contributed by atoms with Crippen LogP contribution < -0.4 is 5.32 Å². The quantitative estimate of drug-likeness (QED) is 0.820. The molecule has 120 valence electrons. The van der Waals surface area contributed by atoms with E-state index >= 15 is 0 Å². The number of hydrogen-bond acceptors (Lipinski definition) is 2. The van der Waals surface area contributed by atoms with Gasteiger partial charge in [0.25, 0.3) is 0 Å². The molecule has 0 atom stereocenters. The third-order valence-corrected chi connectivity index (χ3v) is 4.45. The molecule has 0 aliphatic heterocycles. The van der Waals surface area contributed by atoms with Crippen molar-refractivity contribution in [3.8, 4) is 0 Å². The van der Waals surface area contributed by atoms with Gasteiger partial charge in [-0.15, -0.1) is 0 Å². The normalized spacial score (nSPS) is 15.3. The molecule has 1 saturated carbocycles. The Balaban J connectivity index is 1.53. The molecule has 0 unspecified atom stereocenters. The zero-order valence-corrected chi connectivity index (χ0v) is 12.9. The van der Waals surface area contributed by atoms with Gasteiger partial charge in [0.2, 0.25) is 0 Å². The summed E-state index contributed by atoms with van der Waals surface area (Å²) in [6.07, 6.45) is 3.30. The zero-order chi connectivity index (χ0) is 16.3. The van der Waals surface area contributed by atoms with Crippen LogP contribution in [0.2, 0.25) is 0 Å². The van der Waals surface area contributed by atoms with Gasteiger partial charge >= 0.3 is 5.97 Å². The Morgan fingerprint density at radius 3 is 2.52 bits per heavy atom. The van der Waals surface area contributed by atoms with Crippen LogP contribution in [0.1, 0.15) is 34.3 Å². The highest BCUT2D eigenvalue weighted by Gasteiger charge is 2.41. The molecule has 23 heavy (non-hydrogen) atoms. The monoisotopic (exact) mass is 313 g/mol. The minimum Gasteiger partial charge on any atom is -0.478 e. The van der Waals surface area contributed by atoms with Crippen LogP contribution in [0.5, 0.6) is 0 Å². The molecule has 2 aromatic carbocycles. The molecule has 4 heteroatoms. The number of carboxylic acid groups (broad SMARTS) is 1. The van der Waals surface area contributed by atoms with E-state index in [1.165, 1.54) is 30.5 Å². The van der Waals surface area contributed by atoms with Crippen molar-refractivity contribution in [2.75, 3.05) is 6.54 Å². The van der Waals surface area contributed by atoms with E-state index in [2.05, 4.69) is 5.32 Å². The first-order chi connectivity index (χ1) is 11.1. The van der Waals surface area contributed by atoms with Gasteiger partial charge in [-0.1, -0.05) is 24.3 Å². The third kappa shape index (κ3) is 4.17. The van der Waals surface area contributed by atoms with Gasteiger partial charge in [0.15, 0.2) is 0 Å². The number of hydrogen-bond donors (Lipinski definition) is 2. The predicted molar refractivity (Wildman–Crippen MR) is 86.9 cm³/mol. The highest BCUT2D eigenvalue weighted by Crippen LogP contribution is 2.47. The molecule has 1 aliphatic rings. The summed E-state index contributed by atoms with van der Waals surface area (Å²) in [6, 6.07) is 13.7. The van der Waals surface area contributed by atoms with Gasteiger partial charge in [0.05, 0.1) is 5.56 Å². The fourth-order valence-corrected chi connectivity index (χ4v) is 2.91. The van der Waals surface area contributed by atoms with E-state index in [1.807, 2.05) is 18.2 Å². The molecule has 3 rings (SSSR count). The highest BCUT2D eigenvalue weighted by atomic mass is 19.1. The topological polar surface area (TPSA) is 49.3 Å². The van der Waals surface area contributed by atoms with Crippen molar-refractivity contribution in [2.45, 2.75) is 25.8 Å². The van der Waals surface area contributed by atoms with Crippen molar-refractivity contribution in [3.05, 3.63) is 71.0 Å². The molecule has 0 bridgehead atoms. The number of benzene rings is 2. The fourth-order valence-electron chi connectivity index (χ4n) is 2.91. The SMILES string of the molecule is O=C(O)c1cccc(CNCC2(Cc3ccc(F)cc3)CC2)c1. The zero-order valence-electron chi connectivity index (χ0n) is 12.9. The van der Waals surface area contributed by atoms with Gasteiger partial charge < -0.3 is 10.4 Å². The second kappa shape index (κ2) is 6.50. The number of carboxylic acids is 1. The largest absolute Gasteiger partial charge is 0.478 e. The molecule has 2 aromatic rings. The van der Waals surface area contributed by atoms with Gasteiger partial charge in [-0.05, 0) is 60.1 Å². The molecule has 2 N–H and O–H groups in total. The van der Waals surface area contributed by atoms with E-state index in [0.29, 0.717) is 12.1 Å². The Kier molecular flexibility index (Phi) is 4.44. The Morgan fingerprint density at radius 2 is 1.87 bits per heavy atom. The van der Waals surface area contributed by atoms with Crippen LogP contribution in [0.25, 0.3) is 0 Å². The summed E-state index contributed by atoms with van der Waals surface area (Å²) >= 11 is 0. The van der Waals surface area contributed by atoms with Crippen LogP contribution in [0, 0.1) is 11.2 Å². The highest BCUT2D eigenvalue weighted by molar-refractivity contribution is 5.87. The summed E-state index contributed by atoms with van der Waals surface area (Å²) < 4.78 is 13.0. The minimum atomic E-state index is -0.901. The molecule has 0 amide bonds.